The third-order valence-corrected chi connectivity index (χ3v) is 0.688. The Morgan fingerprint density at radius 3 is 2.44 bits per heavy atom. The Morgan fingerprint density at radius 2 is 2.22 bits per heavy atom. The van der Waals surface area contributed by atoms with Gasteiger partial charge in [-0.05, 0) is 0 Å². The van der Waals surface area contributed by atoms with Gasteiger partial charge in [0.1, 0.15) is 6.26 Å². The number of halogens is 2. The summed E-state index contributed by atoms with van der Waals surface area (Å²) >= 11 is 0. The van der Waals surface area contributed by atoms with Gasteiger partial charge >= 0.3 is 5.82 Å². The molecule has 0 saturated heterocycles. The van der Waals surface area contributed by atoms with E-state index in [2.05, 4.69) is 8.83 Å². The number of rotatable bonds is 1. The molecule has 1 aromatic rings. The average molecular weight is 136 g/mol. The van der Waals surface area contributed by atoms with Crippen molar-refractivity contribution in [3.63, 3.8) is 0 Å². The highest BCUT2D eigenvalue weighted by molar-refractivity contribution is 4.85. The maximum Gasteiger partial charge on any atom is 0.518 e. The van der Waals surface area contributed by atoms with Crippen LogP contribution in [0.15, 0.2) is 19.9 Å². The number of alkyl halides is 2. The summed E-state index contributed by atoms with van der Waals surface area (Å²) in [4.78, 5) is 9.93. The molecule has 50 valence electrons. The van der Waals surface area contributed by atoms with Crippen LogP contribution >= 0.6 is 0 Å². The Morgan fingerprint density at radius 1 is 1.56 bits per heavy atom. The minimum atomic E-state index is -2.78. The minimum absolute atomic E-state index is 0.590. The second-order valence-electron chi connectivity index (χ2n) is 1.29. The first-order valence-electron chi connectivity index (χ1n) is 2.07. The summed E-state index contributed by atoms with van der Waals surface area (Å²) in [6.45, 7) is 0. The molecular formula is C4H2F2O3. The molecule has 5 heteroatoms. The molecule has 0 amide bonds. The molecule has 1 aromatic heterocycles. The van der Waals surface area contributed by atoms with E-state index in [1.807, 2.05) is 0 Å². The van der Waals surface area contributed by atoms with E-state index in [0.29, 0.717) is 6.26 Å². The summed E-state index contributed by atoms with van der Waals surface area (Å²) < 4.78 is 30.8. The first-order chi connectivity index (χ1) is 4.20. The zero-order chi connectivity index (χ0) is 6.85. The molecule has 1 rings (SSSR count). The molecule has 0 aromatic carbocycles. The topological polar surface area (TPSA) is 43.4 Å². The molecule has 1 heterocycles. The average Bonchev–Trinajstić information content (AvgIpc) is 2.14. The summed E-state index contributed by atoms with van der Waals surface area (Å²) in [5.41, 5.74) is 0. The monoisotopic (exact) mass is 136 g/mol. The minimum Gasteiger partial charge on any atom is -0.399 e. The van der Waals surface area contributed by atoms with Crippen molar-refractivity contribution in [3.05, 3.63) is 22.6 Å². The van der Waals surface area contributed by atoms with Crippen LogP contribution in [0.3, 0.4) is 0 Å². The maximum atomic E-state index is 11.5. The summed E-state index contributed by atoms with van der Waals surface area (Å²) in [5, 5.41) is 0. The molecule has 0 N–H and O–H groups in total. The van der Waals surface area contributed by atoms with E-state index in [4.69, 9.17) is 0 Å². The van der Waals surface area contributed by atoms with E-state index in [-0.39, 0.29) is 0 Å². The molecule has 0 atom stereocenters. The molecule has 0 aliphatic rings. The summed E-state index contributed by atoms with van der Waals surface area (Å²) in [6.07, 6.45) is -2.19. The van der Waals surface area contributed by atoms with Crippen molar-refractivity contribution >= 4 is 0 Å². The summed E-state index contributed by atoms with van der Waals surface area (Å²) in [7, 11) is 0. The van der Waals surface area contributed by atoms with E-state index in [1.165, 1.54) is 0 Å². The van der Waals surface area contributed by atoms with Crippen LogP contribution in [0, 0.1) is 0 Å². The van der Waals surface area contributed by atoms with Crippen LogP contribution in [0.1, 0.15) is 12.2 Å². The molecule has 0 fully saturated rings. The lowest BCUT2D eigenvalue weighted by atomic mass is 10.6. The van der Waals surface area contributed by atoms with E-state index >= 15 is 0 Å². The third-order valence-electron chi connectivity index (χ3n) is 0.688. The normalized spacial score (nSPS) is 10.6. The highest BCUT2D eigenvalue weighted by Gasteiger charge is 2.12. The van der Waals surface area contributed by atoms with Gasteiger partial charge in [0, 0.05) is 0 Å². The van der Waals surface area contributed by atoms with Crippen molar-refractivity contribution in [1.29, 1.82) is 0 Å². The van der Waals surface area contributed by atoms with Gasteiger partial charge in [0.15, 0.2) is 0 Å². The van der Waals surface area contributed by atoms with Gasteiger partial charge in [-0.15, -0.1) is 0 Å². The highest BCUT2D eigenvalue weighted by Crippen LogP contribution is 2.15. The van der Waals surface area contributed by atoms with Gasteiger partial charge in [-0.3, -0.25) is 0 Å². The van der Waals surface area contributed by atoms with Gasteiger partial charge in [0.25, 0.3) is 6.43 Å². The largest absolute Gasteiger partial charge is 0.518 e. The molecule has 9 heavy (non-hydrogen) atoms. The Bertz CT molecular complexity index is 236. The first-order valence-corrected chi connectivity index (χ1v) is 2.07. The molecule has 3 nitrogen and oxygen atoms in total. The molecule has 0 spiro atoms. The SMILES string of the molecule is O=c1occ(C(F)F)o1. The lowest BCUT2D eigenvalue weighted by Crippen LogP contribution is -1.86. The Kier molecular flexibility index (Phi) is 1.33. The van der Waals surface area contributed by atoms with Crippen molar-refractivity contribution < 1.29 is 17.6 Å². The fraction of sp³-hybridized carbons (Fsp3) is 0.250. The zero-order valence-corrected chi connectivity index (χ0v) is 4.14. The number of hydrogen-bond acceptors (Lipinski definition) is 3. The van der Waals surface area contributed by atoms with Crippen molar-refractivity contribution in [2.45, 2.75) is 6.43 Å². The molecule has 0 saturated carbocycles. The second-order valence-corrected chi connectivity index (χ2v) is 1.29. The van der Waals surface area contributed by atoms with E-state index in [9.17, 15) is 13.6 Å². The standard InChI is InChI=1S/C4H2F2O3/c5-3(6)2-1-8-4(7)9-2/h1,3H. The quantitative estimate of drug-likeness (QED) is 0.581. The Labute approximate surface area is 47.9 Å². The predicted octanol–water partition coefficient (Wildman–Crippen LogP) is 1.17. The van der Waals surface area contributed by atoms with Gasteiger partial charge in [0.05, 0.1) is 0 Å². The van der Waals surface area contributed by atoms with Gasteiger partial charge in [-0.1, -0.05) is 0 Å². The van der Waals surface area contributed by atoms with Crippen LogP contribution in [0.2, 0.25) is 0 Å². The van der Waals surface area contributed by atoms with Crippen LogP contribution < -0.4 is 5.82 Å². The van der Waals surface area contributed by atoms with Crippen LogP contribution in [-0.4, -0.2) is 0 Å². The van der Waals surface area contributed by atoms with E-state index < -0.39 is 18.0 Å². The van der Waals surface area contributed by atoms with Crippen molar-refractivity contribution in [2.75, 3.05) is 0 Å². The van der Waals surface area contributed by atoms with Crippen LogP contribution in [0.25, 0.3) is 0 Å². The molecule has 0 bridgehead atoms. The molecule has 0 aliphatic heterocycles. The lowest BCUT2D eigenvalue weighted by Gasteiger charge is -1.83. The first kappa shape index (κ1) is 6.00. The molecule has 0 unspecified atom stereocenters. The Hall–Kier alpha value is -1.13. The highest BCUT2D eigenvalue weighted by atomic mass is 19.3. The number of hydrogen-bond donors (Lipinski definition) is 0. The molecular weight excluding hydrogens is 134 g/mol. The van der Waals surface area contributed by atoms with Gasteiger partial charge in [-0.2, -0.15) is 0 Å². The maximum absolute atomic E-state index is 11.5. The second kappa shape index (κ2) is 2.00. The lowest BCUT2D eigenvalue weighted by molar-refractivity contribution is 0.119. The van der Waals surface area contributed by atoms with Crippen LogP contribution in [0.4, 0.5) is 8.78 Å². The van der Waals surface area contributed by atoms with Crippen LogP contribution in [-0.2, 0) is 0 Å². The van der Waals surface area contributed by atoms with Crippen molar-refractivity contribution in [1.82, 2.24) is 0 Å². The summed E-state index contributed by atoms with van der Waals surface area (Å²) in [6, 6.07) is 0. The fourth-order valence-corrected chi connectivity index (χ4v) is 0.347. The van der Waals surface area contributed by atoms with Gasteiger partial charge in [-0.25, -0.2) is 13.6 Å². The van der Waals surface area contributed by atoms with Crippen molar-refractivity contribution in [2.24, 2.45) is 0 Å². The van der Waals surface area contributed by atoms with Crippen LogP contribution in [0.5, 0.6) is 0 Å². The van der Waals surface area contributed by atoms with Gasteiger partial charge < -0.3 is 8.83 Å². The summed E-state index contributed by atoms with van der Waals surface area (Å²) in [5.74, 6) is -1.84. The van der Waals surface area contributed by atoms with E-state index in [1.54, 1.807) is 0 Å². The molecule has 0 aliphatic carbocycles. The Balaban J connectivity index is 2.98. The zero-order valence-electron chi connectivity index (χ0n) is 4.14. The molecule has 0 radical (unpaired) electrons. The third kappa shape index (κ3) is 1.16. The van der Waals surface area contributed by atoms with Crippen molar-refractivity contribution in [3.8, 4) is 0 Å². The van der Waals surface area contributed by atoms with E-state index in [0.717, 1.165) is 0 Å². The fourth-order valence-electron chi connectivity index (χ4n) is 0.347. The predicted molar refractivity (Wildman–Crippen MR) is 22.2 cm³/mol. The van der Waals surface area contributed by atoms with Gasteiger partial charge in [0.2, 0.25) is 5.76 Å². The smallest absolute Gasteiger partial charge is 0.399 e.